The molecule has 1 heteroatoms. The largest absolute Gasteiger partial charge is 0.311 e. The van der Waals surface area contributed by atoms with Crippen molar-refractivity contribution in [1.29, 1.82) is 0 Å². The fourth-order valence-corrected chi connectivity index (χ4v) is 3.36. The molecule has 1 N–H and O–H groups in total. The third-order valence-electron chi connectivity index (χ3n) is 3.87. The van der Waals surface area contributed by atoms with Gasteiger partial charge >= 0.3 is 0 Å². The Morgan fingerprint density at radius 1 is 1.06 bits per heavy atom. The second kappa shape index (κ2) is 4.21. The van der Waals surface area contributed by atoms with Crippen molar-refractivity contribution in [3.63, 3.8) is 0 Å². The molecule has 16 heavy (non-hydrogen) atoms. The number of hydrogen-bond acceptors (Lipinski definition) is 1. The lowest BCUT2D eigenvalue weighted by Gasteiger charge is -2.21. The Kier molecular flexibility index (Phi) is 3.07. The predicted octanol–water partition coefficient (Wildman–Crippen LogP) is 3.47. The van der Waals surface area contributed by atoms with E-state index in [-0.39, 0.29) is 0 Å². The number of benzene rings is 1. The molecule has 1 aliphatic rings. The molecule has 3 atom stereocenters. The quantitative estimate of drug-likeness (QED) is 0.759. The molecule has 2 rings (SSSR count). The molecule has 0 aliphatic carbocycles. The highest BCUT2D eigenvalue weighted by atomic mass is 15.0. The summed E-state index contributed by atoms with van der Waals surface area (Å²) in [5.41, 5.74) is 5.89. The SMILES string of the molecule is Cc1cc(C)c(C2CC(C)NC2C)c(C)c1. The molecule has 1 aromatic carbocycles. The van der Waals surface area contributed by atoms with Gasteiger partial charge in [0.15, 0.2) is 0 Å². The third kappa shape index (κ3) is 2.01. The van der Waals surface area contributed by atoms with Gasteiger partial charge in [0.1, 0.15) is 0 Å². The molecule has 1 fully saturated rings. The van der Waals surface area contributed by atoms with Crippen LogP contribution in [-0.2, 0) is 0 Å². The van der Waals surface area contributed by atoms with E-state index < -0.39 is 0 Å². The Hall–Kier alpha value is -0.820. The molecule has 88 valence electrons. The lowest BCUT2D eigenvalue weighted by molar-refractivity contribution is 0.572. The molecule has 0 aromatic heterocycles. The van der Waals surface area contributed by atoms with Gasteiger partial charge in [0.05, 0.1) is 0 Å². The van der Waals surface area contributed by atoms with Crippen LogP contribution in [0.3, 0.4) is 0 Å². The van der Waals surface area contributed by atoms with Crippen molar-refractivity contribution in [3.8, 4) is 0 Å². The topological polar surface area (TPSA) is 12.0 Å². The summed E-state index contributed by atoms with van der Waals surface area (Å²) >= 11 is 0. The number of hydrogen-bond donors (Lipinski definition) is 1. The fraction of sp³-hybridized carbons (Fsp3) is 0.600. The average molecular weight is 217 g/mol. The van der Waals surface area contributed by atoms with Crippen LogP contribution in [0, 0.1) is 20.8 Å². The summed E-state index contributed by atoms with van der Waals surface area (Å²) in [4.78, 5) is 0. The van der Waals surface area contributed by atoms with E-state index in [0.29, 0.717) is 18.0 Å². The van der Waals surface area contributed by atoms with Crippen molar-refractivity contribution in [2.45, 2.75) is 59.0 Å². The van der Waals surface area contributed by atoms with E-state index in [1.54, 1.807) is 5.56 Å². The summed E-state index contributed by atoms with van der Waals surface area (Å²) in [6.45, 7) is 11.3. The monoisotopic (exact) mass is 217 g/mol. The molecule has 0 bridgehead atoms. The zero-order valence-electron chi connectivity index (χ0n) is 11.1. The van der Waals surface area contributed by atoms with Crippen molar-refractivity contribution >= 4 is 0 Å². The molecule has 0 spiro atoms. The van der Waals surface area contributed by atoms with Crippen LogP contribution in [0.2, 0.25) is 0 Å². The van der Waals surface area contributed by atoms with Crippen molar-refractivity contribution in [2.75, 3.05) is 0 Å². The summed E-state index contributed by atoms with van der Waals surface area (Å²) in [7, 11) is 0. The van der Waals surface area contributed by atoms with Crippen LogP contribution in [0.15, 0.2) is 12.1 Å². The highest BCUT2D eigenvalue weighted by Crippen LogP contribution is 2.35. The Labute approximate surface area is 99.3 Å². The zero-order chi connectivity index (χ0) is 11.9. The average Bonchev–Trinajstić information content (AvgIpc) is 2.43. The van der Waals surface area contributed by atoms with E-state index in [1.165, 1.54) is 23.1 Å². The standard InChI is InChI=1S/C15H23N/c1-9-6-10(2)15(11(3)7-9)14-8-12(4)16-13(14)5/h6-7,12-14,16H,8H2,1-5H3. The first-order valence-corrected chi connectivity index (χ1v) is 6.33. The van der Waals surface area contributed by atoms with E-state index in [0.717, 1.165) is 0 Å². The second-order valence-electron chi connectivity index (χ2n) is 5.51. The molecule has 1 heterocycles. The molecule has 1 saturated heterocycles. The van der Waals surface area contributed by atoms with E-state index in [4.69, 9.17) is 0 Å². The Bertz CT molecular complexity index is 371. The van der Waals surface area contributed by atoms with Gasteiger partial charge in [0.2, 0.25) is 0 Å². The zero-order valence-corrected chi connectivity index (χ0v) is 11.1. The van der Waals surface area contributed by atoms with Crippen LogP contribution in [0.25, 0.3) is 0 Å². The van der Waals surface area contributed by atoms with Gasteiger partial charge < -0.3 is 5.32 Å². The highest BCUT2D eigenvalue weighted by Gasteiger charge is 2.30. The van der Waals surface area contributed by atoms with Crippen LogP contribution in [0.5, 0.6) is 0 Å². The van der Waals surface area contributed by atoms with Gasteiger partial charge in [-0.05, 0) is 57.7 Å². The summed E-state index contributed by atoms with van der Waals surface area (Å²) in [6, 6.07) is 5.89. The van der Waals surface area contributed by atoms with Gasteiger partial charge in [-0.25, -0.2) is 0 Å². The lowest BCUT2D eigenvalue weighted by atomic mass is 9.85. The van der Waals surface area contributed by atoms with Crippen molar-refractivity contribution in [1.82, 2.24) is 5.32 Å². The molecule has 3 unspecified atom stereocenters. The highest BCUT2D eigenvalue weighted by molar-refractivity contribution is 5.41. The predicted molar refractivity (Wildman–Crippen MR) is 70.1 cm³/mol. The first kappa shape index (κ1) is 11.7. The minimum Gasteiger partial charge on any atom is -0.311 e. The molecule has 0 amide bonds. The van der Waals surface area contributed by atoms with Crippen LogP contribution in [0.1, 0.15) is 48.4 Å². The van der Waals surface area contributed by atoms with Crippen molar-refractivity contribution in [3.05, 3.63) is 34.4 Å². The van der Waals surface area contributed by atoms with Gasteiger partial charge in [0, 0.05) is 18.0 Å². The molecular formula is C15H23N. The smallest absolute Gasteiger partial charge is 0.0111 e. The molecule has 1 aliphatic heterocycles. The first-order chi connectivity index (χ1) is 7.49. The fourth-order valence-electron chi connectivity index (χ4n) is 3.36. The molecule has 0 saturated carbocycles. The van der Waals surface area contributed by atoms with Gasteiger partial charge in [-0.2, -0.15) is 0 Å². The summed E-state index contributed by atoms with van der Waals surface area (Å²) in [5.74, 6) is 0.690. The number of aryl methyl sites for hydroxylation is 3. The van der Waals surface area contributed by atoms with E-state index >= 15 is 0 Å². The first-order valence-electron chi connectivity index (χ1n) is 6.33. The normalized spacial score (nSPS) is 29.7. The minimum absolute atomic E-state index is 0.607. The van der Waals surface area contributed by atoms with Gasteiger partial charge in [-0.15, -0.1) is 0 Å². The van der Waals surface area contributed by atoms with Crippen LogP contribution >= 0.6 is 0 Å². The second-order valence-corrected chi connectivity index (χ2v) is 5.51. The van der Waals surface area contributed by atoms with E-state index in [1.807, 2.05) is 0 Å². The van der Waals surface area contributed by atoms with Crippen molar-refractivity contribution in [2.24, 2.45) is 0 Å². The molecule has 1 aromatic rings. The maximum atomic E-state index is 3.63. The van der Waals surface area contributed by atoms with Gasteiger partial charge in [0.25, 0.3) is 0 Å². The lowest BCUT2D eigenvalue weighted by Crippen LogP contribution is -2.26. The maximum absolute atomic E-state index is 3.63. The van der Waals surface area contributed by atoms with Crippen LogP contribution < -0.4 is 5.32 Å². The number of rotatable bonds is 1. The summed E-state index contributed by atoms with van der Waals surface area (Å²) in [5, 5.41) is 3.63. The number of nitrogens with one attached hydrogen (secondary N) is 1. The van der Waals surface area contributed by atoms with Gasteiger partial charge in [-0.3, -0.25) is 0 Å². The Morgan fingerprint density at radius 2 is 1.62 bits per heavy atom. The summed E-state index contributed by atoms with van der Waals surface area (Å²) in [6.07, 6.45) is 1.27. The van der Waals surface area contributed by atoms with Gasteiger partial charge in [-0.1, -0.05) is 17.7 Å². The van der Waals surface area contributed by atoms with Crippen LogP contribution in [0.4, 0.5) is 0 Å². The maximum Gasteiger partial charge on any atom is 0.0111 e. The summed E-state index contributed by atoms with van der Waals surface area (Å²) < 4.78 is 0. The van der Waals surface area contributed by atoms with E-state index in [2.05, 4.69) is 52.1 Å². The molecular weight excluding hydrogens is 194 g/mol. The van der Waals surface area contributed by atoms with E-state index in [9.17, 15) is 0 Å². The molecule has 1 nitrogen and oxygen atoms in total. The van der Waals surface area contributed by atoms with Crippen LogP contribution in [-0.4, -0.2) is 12.1 Å². The Morgan fingerprint density at radius 3 is 2.06 bits per heavy atom. The minimum atomic E-state index is 0.607. The Balaban J connectivity index is 2.40. The third-order valence-corrected chi connectivity index (χ3v) is 3.87. The molecule has 0 radical (unpaired) electrons. The van der Waals surface area contributed by atoms with Crippen molar-refractivity contribution < 1.29 is 0 Å².